The highest BCUT2D eigenvalue weighted by Gasteiger charge is 2.31. The second kappa shape index (κ2) is 9.14. The van der Waals surface area contributed by atoms with Crippen molar-refractivity contribution in [2.45, 2.75) is 25.9 Å². The van der Waals surface area contributed by atoms with Crippen LogP contribution in [-0.4, -0.2) is 32.1 Å². The quantitative estimate of drug-likeness (QED) is 0.636. The summed E-state index contributed by atoms with van der Waals surface area (Å²) in [6.45, 7) is 2.41. The molecule has 0 unspecified atom stereocenters. The fourth-order valence-corrected chi connectivity index (χ4v) is 3.99. The predicted octanol–water partition coefficient (Wildman–Crippen LogP) is 4.23. The molecule has 2 amide bonds. The lowest BCUT2D eigenvalue weighted by molar-refractivity contribution is 0.0948. The van der Waals surface area contributed by atoms with Crippen molar-refractivity contribution in [2.75, 3.05) is 19.1 Å². The van der Waals surface area contributed by atoms with E-state index in [0.29, 0.717) is 29.2 Å². The van der Waals surface area contributed by atoms with Gasteiger partial charge in [0.1, 0.15) is 11.5 Å². The number of rotatable bonds is 6. The lowest BCUT2D eigenvalue weighted by Gasteiger charge is -2.23. The molecule has 3 aromatic rings. The average Bonchev–Trinajstić information content (AvgIpc) is 3.17. The Hall–Kier alpha value is -3.80. The summed E-state index contributed by atoms with van der Waals surface area (Å²) in [7, 11) is 3.17. The number of benzene rings is 3. The van der Waals surface area contributed by atoms with E-state index in [-0.39, 0.29) is 17.9 Å². The Balaban J connectivity index is 1.51. The van der Waals surface area contributed by atoms with Gasteiger partial charge < -0.3 is 19.7 Å². The topological polar surface area (TPSA) is 67.9 Å². The molecule has 0 bridgehead atoms. The highest BCUT2D eigenvalue weighted by Crippen LogP contribution is 2.34. The third-order valence-corrected chi connectivity index (χ3v) is 5.71. The molecule has 32 heavy (non-hydrogen) atoms. The van der Waals surface area contributed by atoms with Crippen LogP contribution in [0.2, 0.25) is 0 Å². The molecule has 0 aliphatic carbocycles. The number of anilines is 1. The van der Waals surface area contributed by atoms with Gasteiger partial charge in [-0.05, 0) is 73.0 Å². The number of ether oxygens (including phenoxy) is 2. The van der Waals surface area contributed by atoms with Gasteiger partial charge in [-0.25, -0.2) is 0 Å². The van der Waals surface area contributed by atoms with E-state index in [1.807, 2.05) is 30.0 Å². The molecule has 4 rings (SSSR count). The van der Waals surface area contributed by atoms with Crippen LogP contribution in [0, 0.1) is 0 Å². The maximum absolute atomic E-state index is 13.2. The van der Waals surface area contributed by atoms with Crippen molar-refractivity contribution in [1.29, 1.82) is 0 Å². The van der Waals surface area contributed by atoms with E-state index in [4.69, 9.17) is 9.47 Å². The zero-order valence-corrected chi connectivity index (χ0v) is 18.4. The van der Waals surface area contributed by atoms with E-state index in [1.54, 1.807) is 62.8 Å². The summed E-state index contributed by atoms with van der Waals surface area (Å²) in [5.41, 5.74) is 4.10. The maximum atomic E-state index is 13.2. The first-order valence-electron chi connectivity index (χ1n) is 10.5. The second-order valence-electron chi connectivity index (χ2n) is 7.83. The number of carbonyl (C=O) groups is 2. The minimum absolute atomic E-state index is 0.0449. The summed E-state index contributed by atoms with van der Waals surface area (Å²) in [5.74, 6) is 1.13. The molecule has 0 radical (unpaired) electrons. The Morgan fingerprint density at radius 2 is 1.69 bits per heavy atom. The molecule has 1 atom stereocenters. The third kappa shape index (κ3) is 4.30. The van der Waals surface area contributed by atoms with Crippen molar-refractivity contribution in [3.8, 4) is 11.5 Å². The van der Waals surface area contributed by atoms with Gasteiger partial charge in [-0.15, -0.1) is 0 Å². The molecule has 1 aliphatic heterocycles. The highest BCUT2D eigenvalue weighted by atomic mass is 16.5. The van der Waals surface area contributed by atoms with Gasteiger partial charge in [0.15, 0.2) is 0 Å². The number of amides is 2. The van der Waals surface area contributed by atoms with Crippen molar-refractivity contribution in [2.24, 2.45) is 0 Å². The van der Waals surface area contributed by atoms with Crippen molar-refractivity contribution >= 4 is 17.5 Å². The highest BCUT2D eigenvalue weighted by molar-refractivity contribution is 6.07. The van der Waals surface area contributed by atoms with Crippen molar-refractivity contribution in [3.05, 3.63) is 89.0 Å². The van der Waals surface area contributed by atoms with Gasteiger partial charge in [0.25, 0.3) is 11.8 Å². The van der Waals surface area contributed by atoms with Gasteiger partial charge in [-0.3, -0.25) is 9.59 Å². The van der Waals surface area contributed by atoms with Crippen molar-refractivity contribution in [1.82, 2.24) is 5.32 Å². The van der Waals surface area contributed by atoms with Gasteiger partial charge in [-0.2, -0.15) is 0 Å². The van der Waals surface area contributed by atoms with Gasteiger partial charge >= 0.3 is 0 Å². The van der Waals surface area contributed by atoms with E-state index in [0.717, 1.165) is 23.2 Å². The largest absolute Gasteiger partial charge is 0.497 e. The van der Waals surface area contributed by atoms with E-state index in [2.05, 4.69) is 5.32 Å². The van der Waals surface area contributed by atoms with Gasteiger partial charge in [-0.1, -0.05) is 18.2 Å². The zero-order valence-electron chi connectivity index (χ0n) is 18.4. The molecule has 1 aliphatic rings. The molecule has 6 heteroatoms. The molecule has 6 nitrogen and oxygen atoms in total. The van der Waals surface area contributed by atoms with Crippen LogP contribution in [-0.2, 0) is 13.0 Å². The lowest BCUT2D eigenvalue weighted by atomic mass is 10.1. The maximum Gasteiger partial charge on any atom is 0.258 e. The van der Waals surface area contributed by atoms with Crippen LogP contribution in [0.4, 0.5) is 5.69 Å². The normalized spacial score (nSPS) is 14.6. The smallest absolute Gasteiger partial charge is 0.258 e. The lowest BCUT2D eigenvalue weighted by Crippen LogP contribution is -2.35. The monoisotopic (exact) mass is 430 g/mol. The first-order chi connectivity index (χ1) is 15.5. The Labute approximate surface area is 187 Å². The van der Waals surface area contributed by atoms with Crippen LogP contribution in [0.1, 0.15) is 38.8 Å². The fourth-order valence-electron chi connectivity index (χ4n) is 3.99. The van der Waals surface area contributed by atoms with E-state index < -0.39 is 0 Å². The molecule has 3 aromatic carbocycles. The number of nitrogens with zero attached hydrogens (tertiary/aromatic N) is 1. The molecule has 0 saturated carbocycles. The summed E-state index contributed by atoms with van der Waals surface area (Å²) in [5, 5.41) is 2.95. The summed E-state index contributed by atoms with van der Waals surface area (Å²) in [6, 6.07) is 20.3. The number of fused-ring (bicyclic) bond motifs is 1. The van der Waals surface area contributed by atoms with Crippen LogP contribution in [0.15, 0.2) is 66.7 Å². The second-order valence-corrected chi connectivity index (χ2v) is 7.83. The first-order valence-corrected chi connectivity index (χ1v) is 10.5. The first kappa shape index (κ1) is 21.4. The minimum atomic E-state index is -0.177. The Bertz CT molecular complexity index is 1140. The Morgan fingerprint density at radius 1 is 0.938 bits per heavy atom. The summed E-state index contributed by atoms with van der Waals surface area (Å²) >= 11 is 0. The SMILES string of the molecule is COc1ccc(C(=O)N2c3cc(CNC(=O)c4cccc(OC)c4)ccc3C[C@H]2C)cc1. The number of nitrogens with one attached hydrogen (secondary N) is 1. The van der Waals surface area contributed by atoms with Crippen molar-refractivity contribution in [3.63, 3.8) is 0 Å². The van der Waals surface area contributed by atoms with E-state index >= 15 is 0 Å². The van der Waals surface area contributed by atoms with E-state index in [1.165, 1.54) is 0 Å². The van der Waals surface area contributed by atoms with Crippen LogP contribution in [0.3, 0.4) is 0 Å². The van der Waals surface area contributed by atoms with Gasteiger partial charge in [0, 0.05) is 29.4 Å². The molecule has 0 spiro atoms. The van der Waals surface area contributed by atoms with Gasteiger partial charge in [0.05, 0.1) is 14.2 Å². The molecule has 0 saturated heterocycles. The molecule has 0 fully saturated rings. The predicted molar refractivity (Wildman–Crippen MR) is 124 cm³/mol. The third-order valence-electron chi connectivity index (χ3n) is 5.71. The van der Waals surface area contributed by atoms with E-state index in [9.17, 15) is 9.59 Å². The molecule has 0 aromatic heterocycles. The zero-order chi connectivity index (χ0) is 22.7. The number of hydrogen-bond donors (Lipinski definition) is 1. The Morgan fingerprint density at radius 3 is 2.41 bits per heavy atom. The van der Waals surface area contributed by atoms with Crippen LogP contribution in [0.25, 0.3) is 0 Å². The summed E-state index contributed by atoms with van der Waals surface area (Å²) < 4.78 is 10.4. The van der Waals surface area contributed by atoms with Gasteiger partial charge in [0.2, 0.25) is 0 Å². The van der Waals surface area contributed by atoms with Crippen molar-refractivity contribution < 1.29 is 19.1 Å². The summed E-state index contributed by atoms with van der Waals surface area (Å²) in [4.78, 5) is 27.6. The van der Waals surface area contributed by atoms with Crippen LogP contribution < -0.4 is 19.7 Å². The Kier molecular flexibility index (Phi) is 6.12. The number of methoxy groups -OCH3 is 2. The summed E-state index contributed by atoms with van der Waals surface area (Å²) in [6.07, 6.45) is 0.799. The molecule has 1 N–H and O–H groups in total. The average molecular weight is 431 g/mol. The molecule has 1 heterocycles. The number of carbonyl (C=O) groups excluding carboxylic acids is 2. The molecular weight excluding hydrogens is 404 g/mol. The van der Waals surface area contributed by atoms with Crippen LogP contribution >= 0.6 is 0 Å². The van der Waals surface area contributed by atoms with Crippen LogP contribution in [0.5, 0.6) is 11.5 Å². The number of hydrogen-bond acceptors (Lipinski definition) is 4. The molecule has 164 valence electrons. The standard InChI is InChI=1S/C26H26N2O4/c1-17-13-20-8-7-18(16-27-25(29)21-5-4-6-23(15-21)32-3)14-24(20)28(17)26(30)19-9-11-22(31-2)12-10-19/h4-12,14-15,17H,13,16H2,1-3H3,(H,27,29)/t17-/m1/s1. The fraction of sp³-hybridized carbons (Fsp3) is 0.231. The molecular formula is C26H26N2O4. The minimum Gasteiger partial charge on any atom is -0.497 e.